The molecule has 0 aromatic carbocycles. The van der Waals surface area contributed by atoms with E-state index in [1.807, 2.05) is 6.20 Å². The number of nitrogens with zero attached hydrogens (tertiary/aromatic N) is 4. The van der Waals surface area contributed by atoms with Crippen LogP contribution >= 0.6 is 0 Å². The molecule has 1 aliphatic rings. The Morgan fingerprint density at radius 3 is 2.95 bits per heavy atom. The van der Waals surface area contributed by atoms with Gasteiger partial charge in [-0.25, -0.2) is 14.3 Å². The first kappa shape index (κ1) is 14.0. The molecule has 1 atom stereocenters. The van der Waals surface area contributed by atoms with E-state index >= 15 is 0 Å². The van der Waals surface area contributed by atoms with Crippen molar-refractivity contribution in [2.75, 3.05) is 20.2 Å². The number of aromatic nitrogens is 3. The molecule has 1 aliphatic heterocycles. The number of hydrogen-bond donors (Lipinski definition) is 0. The number of carbonyl (C=O) groups excluding carboxylic acids is 1. The second-order valence-corrected chi connectivity index (χ2v) is 5.73. The average Bonchev–Trinajstić information content (AvgIpc) is 3.11. The fourth-order valence-corrected chi connectivity index (χ4v) is 2.83. The molecule has 1 unspecified atom stereocenters. The van der Waals surface area contributed by atoms with Gasteiger partial charge in [0.05, 0.1) is 7.11 Å². The summed E-state index contributed by atoms with van der Waals surface area (Å²) in [5, 5.41) is 4.54. The molecule has 112 valence electrons. The van der Waals surface area contributed by atoms with Crippen LogP contribution in [0.15, 0.2) is 18.3 Å². The Balaban J connectivity index is 1.93. The Bertz CT molecular complexity index is 665. The Morgan fingerprint density at radius 2 is 2.29 bits per heavy atom. The summed E-state index contributed by atoms with van der Waals surface area (Å²) in [6.45, 7) is 6.45. The summed E-state index contributed by atoms with van der Waals surface area (Å²) in [5.41, 5.74) is 1.03. The minimum Gasteiger partial charge on any atom is -0.465 e. The number of ether oxygens (including phenoxy) is 1. The number of fused-ring (bicyclic) bond motifs is 1. The van der Waals surface area contributed by atoms with Crippen molar-refractivity contribution < 1.29 is 9.53 Å². The number of carbonyl (C=O) groups is 1. The molecular weight excluding hydrogens is 268 g/mol. The second kappa shape index (κ2) is 5.44. The monoisotopic (exact) mass is 288 g/mol. The maximum atomic E-state index is 11.8. The predicted octanol–water partition coefficient (Wildman–Crippen LogP) is 1.71. The van der Waals surface area contributed by atoms with Crippen LogP contribution in [0.3, 0.4) is 0 Å². The van der Waals surface area contributed by atoms with Crippen molar-refractivity contribution >= 4 is 11.6 Å². The van der Waals surface area contributed by atoms with Crippen molar-refractivity contribution in [2.45, 2.75) is 32.2 Å². The lowest BCUT2D eigenvalue weighted by molar-refractivity contribution is 0.0602. The first-order chi connectivity index (χ1) is 10.1. The van der Waals surface area contributed by atoms with Crippen LogP contribution in [0.1, 0.15) is 42.4 Å². The van der Waals surface area contributed by atoms with Crippen LogP contribution in [0.2, 0.25) is 0 Å². The van der Waals surface area contributed by atoms with Gasteiger partial charge in [0.1, 0.15) is 5.56 Å². The molecule has 1 saturated heterocycles. The van der Waals surface area contributed by atoms with E-state index in [0.29, 0.717) is 23.2 Å². The van der Waals surface area contributed by atoms with Gasteiger partial charge in [0.2, 0.25) is 0 Å². The number of hydrogen-bond acceptors (Lipinski definition) is 5. The molecule has 0 spiro atoms. The topological polar surface area (TPSA) is 59.7 Å². The summed E-state index contributed by atoms with van der Waals surface area (Å²) in [5.74, 6) is 0.766. The highest BCUT2D eigenvalue weighted by Crippen LogP contribution is 2.27. The van der Waals surface area contributed by atoms with Gasteiger partial charge in [-0.1, -0.05) is 0 Å². The molecule has 6 nitrogen and oxygen atoms in total. The lowest BCUT2D eigenvalue weighted by Crippen LogP contribution is -2.28. The first-order valence-electron chi connectivity index (χ1n) is 7.27. The fourth-order valence-electron chi connectivity index (χ4n) is 2.83. The highest BCUT2D eigenvalue weighted by atomic mass is 16.5. The van der Waals surface area contributed by atoms with Crippen LogP contribution < -0.4 is 0 Å². The van der Waals surface area contributed by atoms with Crippen molar-refractivity contribution in [3.63, 3.8) is 0 Å². The molecule has 0 aliphatic carbocycles. The van der Waals surface area contributed by atoms with Crippen molar-refractivity contribution in [1.82, 2.24) is 19.5 Å². The molecule has 2 aromatic rings. The van der Waals surface area contributed by atoms with E-state index in [2.05, 4.69) is 28.8 Å². The SMILES string of the molecule is COC(=O)c1cccn2nc(C3CCN(C(C)C)C3)nc12. The van der Waals surface area contributed by atoms with Gasteiger partial charge in [0.15, 0.2) is 11.5 Å². The number of rotatable bonds is 3. The third-order valence-corrected chi connectivity index (χ3v) is 4.10. The third-order valence-electron chi connectivity index (χ3n) is 4.10. The molecule has 0 amide bonds. The zero-order chi connectivity index (χ0) is 15.0. The zero-order valence-electron chi connectivity index (χ0n) is 12.6. The smallest absolute Gasteiger partial charge is 0.341 e. The van der Waals surface area contributed by atoms with Gasteiger partial charge < -0.3 is 9.64 Å². The first-order valence-corrected chi connectivity index (χ1v) is 7.27. The summed E-state index contributed by atoms with van der Waals surface area (Å²) < 4.78 is 6.47. The van der Waals surface area contributed by atoms with E-state index in [1.54, 1.807) is 16.6 Å². The van der Waals surface area contributed by atoms with Crippen molar-refractivity contribution in [3.05, 3.63) is 29.7 Å². The molecule has 0 saturated carbocycles. The minimum atomic E-state index is -0.380. The second-order valence-electron chi connectivity index (χ2n) is 5.73. The van der Waals surface area contributed by atoms with Crippen LogP contribution in [-0.2, 0) is 4.74 Å². The fraction of sp³-hybridized carbons (Fsp3) is 0.533. The van der Waals surface area contributed by atoms with E-state index in [0.717, 1.165) is 25.3 Å². The number of pyridine rings is 1. The van der Waals surface area contributed by atoms with Crippen LogP contribution in [0.4, 0.5) is 0 Å². The molecule has 0 N–H and O–H groups in total. The normalized spacial score (nSPS) is 19.5. The maximum Gasteiger partial charge on any atom is 0.341 e. The Kier molecular flexibility index (Phi) is 3.63. The van der Waals surface area contributed by atoms with E-state index in [-0.39, 0.29) is 5.97 Å². The summed E-state index contributed by atoms with van der Waals surface area (Å²) in [4.78, 5) is 18.8. The number of esters is 1. The van der Waals surface area contributed by atoms with Gasteiger partial charge in [-0.05, 0) is 38.9 Å². The lowest BCUT2D eigenvalue weighted by atomic mass is 10.1. The van der Waals surface area contributed by atoms with Crippen molar-refractivity contribution in [2.24, 2.45) is 0 Å². The highest BCUT2D eigenvalue weighted by Gasteiger charge is 2.29. The van der Waals surface area contributed by atoms with Gasteiger partial charge in [-0.3, -0.25) is 0 Å². The van der Waals surface area contributed by atoms with Gasteiger partial charge in [0.25, 0.3) is 0 Å². The summed E-state index contributed by atoms with van der Waals surface area (Å²) >= 11 is 0. The van der Waals surface area contributed by atoms with Crippen LogP contribution in [0, 0.1) is 0 Å². The standard InChI is InChI=1S/C15H20N4O2/c1-10(2)18-8-6-11(9-18)13-16-14-12(15(20)21-3)5-4-7-19(14)17-13/h4-5,7,10-11H,6,8-9H2,1-3H3. The van der Waals surface area contributed by atoms with Crippen molar-refractivity contribution in [1.29, 1.82) is 0 Å². The largest absolute Gasteiger partial charge is 0.465 e. The van der Waals surface area contributed by atoms with Crippen LogP contribution in [0.5, 0.6) is 0 Å². The lowest BCUT2D eigenvalue weighted by Gasteiger charge is -2.19. The molecule has 2 aromatic heterocycles. The highest BCUT2D eigenvalue weighted by molar-refractivity contribution is 5.95. The molecule has 6 heteroatoms. The molecule has 3 rings (SSSR count). The van der Waals surface area contributed by atoms with Crippen molar-refractivity contribution in [3.8, 4) is 0 Å². The Labute approximate surface area is 123 Å². The van der Waals surface area contributed by atoms with E-state index in [4.69, 9.17) is 4.74 Å². The minimum absolute atomic E-state index is 0.331. The quantitative estimate of drug-likeness (QED) is 0.805. The molecule has 0 bridgehead atoms. The third kappa shape index (κ3) is 2.51. The van der Waals surface area contributed by atoms with E-state index in [9.17, 15) is 4.79 Å². The zero-order valence-corrected chi connectivity index (χ0v) is 12.6. The predicted molar refractivity (Wildman–Crippen MR) is 78.4 cm³/mol. The average molecular weight is 288 g/mol. The Morgan fingerprint density at radius 1 is 1.48 bits per heavy atom. The van der Waals surface area contributed by atoms with E-state index < -0.39 is 0 Å². The Hall–Kier alpha value is -1.95. The molecule has 21 heavy (non-hydrogen) atoms. The number of methoxy groups -OCH3 is 1. The summed E-state index contributed by atoms with van der Waals surface area (Å²) in [6, 6.07) is 4.04. The molecule has 3 heterocycles. The molecular formula is C15H20N4O2. The van der Waals surface area contributed by atoms with Gasteiger partial charge in [-0.2, -0.15) is 5.10 Å². The molecule has 0 radical (unpaired) electrons. The van der Waals surface area contributed by atoms with Crippen LogP contribution in [-0.4, -0.2) is 51.7 Å². The van der Waals surface area contributed by atoms with E-state index in [1.165, 1.54) is 7.11 Å². The number of likely N-dealkylation sites (tertiary alicyclic amines) is 1. The van der Waals surface area contributed by atoms with Gasteiger partial charge in [0, 0.05) is 24.7 Å². The summed E-state index contributed by atoms with van der Waals surface area (Å²) in [6.07, 6.45) is 2.87. The van der Waals surface area contributed by atoms with Gasteiger partial charge >= 0.3 is 5.97 Å². The molecule has 1 fully saturated rings. The van der Waals surface area contributed by atoms with Crippen LogP contribution in [0.25, 0.3) is 5.65 Å². The maximum absolute atomic E-state index is 11.8. The summed E-state index contributed by atoms with van der Waals surface area (Å²) in [7, 11) is 1.38. The van der Waals surface area contributed by atoms with Gasteiger partial charge in [-0.15, -0.1) is 0 Å².